The van der Waals surface area contributed by atoms with Crippen molar-refractivity contribution in [2.75, 3.05) is 25.0 Å². The van der Waals surface area contributed by atoms with Gasteiger partial charge in [-0.2, -0.15) is 0 Å². The Morgan fingerprint density at radius 2 is 1.85 bits per heavy atom. The highest BCUT2D eigenvalue weighted by Gasteiger charge is 2.24. The summed E-state index contributed by atoms with van der Waals surface area (Å²) in [5, 5.41) is 5.98. The third-order valence-corrected chi connectivity index (χ3v) is 5.48. The summed E-state index contributed by atoms with van der Waals surface area (Å²) in [6.45, 7) is 2.75. The predicted octanol–water partition coefficient (Wildman–Crippen LogP) is 3.14. The summed E-state index contributed by atoms with van der Waals surface area (Å²) in [4.78, 5) is 26.7. The number of hydrogen-bond acceptors (Lipinski definition) is 3. The van der Waals surface area contributed by atoms with Crippen molar-refractivity contribution in [1.82, 2.24) is 10.2 Å². The number of likely N-dealkylation sites (tertiary alicyclic amines) is 1. The SMILES string of the molecule is O=C1CCc2cc(C(=O)NCC(c3ccccc3)N3CCCC3)ccc2N1. The molecule has 0 aromatic heterocycles. The van der Waals surface area contributed by atoms with Crippen LogP contribution in [0, 0.1) is 0 Å². The van der Waals surface area contributed by atoms with E-state index < -0.39 is 0 Å². The highest BCUT2D eigenvalue weighted by molar-refractivity contribution is 5.97. The molecule has 5 nitrogen and oxygen atoms in total. The molecule has 2 N–H and O–H groups in total. The molecule has 0 saturated carbocycles. The molecule has 4 rings (SSSR count). The summed E-state index contributed by atoms with van der Waals surface area (Å²) in [6, 6.07) is 16.1. The molecule has 0 bridgehead atoms. The number of fused-ring (bicyclic) bond motifs is 1. The fourth-order valence-corrected chi connectivity index (χ4v) is 4.00. The predicted molar refractivity (Wildman–Crippen MR) is 106 cm³/mol. The number of hydrogen-bond donors (Lipinski definition) is 2. The largest absolute Gasteiger partial charge is 0.350 e. The Morgan fingerprint density at radius 1 is 1.07 bits per heavy atom. The summed E-state index contributed by atoms with van der Waals surface area (Å²) in [6.07, 6.45) is 3.59. The molecule has 0 radical (unpaired) electrons. The third-order valence-electron chi connectivity index (χ3n) is 5.48. The molecule has 2 aromatic rings. The number of rotatable bonds is 5. The van der Waals surface area contributed by atoms with Crippen LogP contribution in [0.5, 0.6) is 0 Å². The lowest BCUT2D eigenvalue weighted by Crippen LogP contribution is -2.36. The van der Waals surface area contributed by atoms with E-state index >= 15 is 0 Å². The normalized spacial score (nSPS) is 17.9. The molecule has 1 atom stereocenters. The van der Waals surface area contributed by atoms with Crippen LogP contribution in [0.1, 0.15) is 46.8 Å². The second-order valence-corrected chi connectivity index (χ2v) is 7.30. The summed E-state index contributed by atoms with van der Waals surface area (Å²) in [7, 11) is 0. The summed E-state index contributed by atoms with van der Waals surface area (Å²) in [5.41, 5.74) is 3.74. The maximum absolute atomic E-state index is 12.7. The second kappa shape index (κ2) is 7.92. The van der Waals surface area contributed by atoms with Crippen LogP contribution in [0.2, 0.25) is 0 Å². The van der Waals surface area contributed by atoms with Gasteiger partial charge in [-0.25, -0.2) is 0 Å². The van der Waals surface area contributed by atoms with Gasteiger partial charge in [-0.05, 0) is 61.7 Å². The Kier molecular flexibility index (Phi) is 5.21. The van der Waals surface area contributed by atoms with Crippen molar-refractivity contribution in [3.05, 3.63) is 65.2 Å². The fraction of sp³-hybridized carbons (Fsp3) is 0.364. The topological polar surface area (TPSA) is 61.4 Å². The molecule has 0 aliphatic carbocycles. The number of anilines is 1. The van der Waals surface area contributed by atoms with E-state index in [2.05, 4.69) is 39.8 Å². The number of carbonyl (C=O) groups excluding carboxylic acids is 2. The Labute approximate surface area is 159 Å². The summed E-state index contributed by atoms with van der Waals surface area (Å²) >= 11 is 0. The molecular weight excluding hydrogens is 338 g/mol. The van der Waals surface area contributed by atoms with Gasteiger partial charge in [0.1, 0.15) is 0 Å². The minimum absolute atomic E-state index is 0.0380. The average Bonchev–Trinajstić information content (AvgIpc) is 3.23. The molecular formula is C22H25N3O2. The number of aryl methyl sites for hydroxylation is 1. The van der Waals surface area contributed by atoms with Crippen molar-refractivity contribution in [2.45, 2.75) is 31.7 Å². The van der Waals surface area contributed by atoms with E-state index in [-0.39, 0.29) is 17.9 Å². The van der Waals surface area contributed by atoms with Crippen LogP contribution in [-0.4, -0.2) is 36.3 Å². The number of amides is 2. The molecule has 2 aliphatic heterocycles. The maximum atomic E-state index is 12.7. The number of nitrogens with one attached hydrogen (secondary N) is 2. The van der Waals surface area contributed by atoms with Gasteiger partial charge in [0, 0.05) is 24.2 Å². The zero-order valence-electron chi connectivity index (χ0n) is 15.4. The zero-order valence-corrected chi connectivity index (χ0v) is 15.4. The quantitative estimate of drug-likeness (QED) is 0.858. The maximum Gasteiger partial charge on any atom is 0.251 e. The molecule has 1 unspecified atom stereocenters. The smallest absolute Gasteiger partial charge is 0.251 e. The van der Waals surface area contributed by atoms with Gasteiger partial charge in [0.25, 0.3) is 5.91 Å². The van der Waals surface area contributed by atoms with Crippen molar-refractivity contribution in [3.8, 4) is 0 Å². The van der Waals surface area contributed by atoms with Crippen LogP contribution < -0.4 is 10.6 Å². The Balaban J connectivity index is 1.46. The number of carbonyl (C=O) groups is 2. The minimum Gasteiger partial charge on any atom is -0.350 e. The van der Waals surface area contributed by atoms with E-state index in [4.69, 9.17) is 0 Å². The third kappa shape index (κ3) is 4.03. The van der Waals surface area contributed by atoms with E-state index in [9.17, 15) is 9.59 Å². The minimum atomic E-state index is -0.0603. The van der Waals surface area contributed by atoms with Crippen LogP contribution >= 0.6 is 0 Å². The van der Waals surface area contributed by atoms with E-state index in [1.54, 1.807) is 6.07 Å². The van der Waals surface area contributed by atoms with Crippen molar-refractivity contribution < 1.29 is 9.59 Å². The fourth-order valence-electron chi connectivity index (χ4n) is 4.00. The lowest BCUT2D eigenvalue weighted by Gasteiger charge is -2.28. The van der Waals surface area contributed by atoms with Crippen molar-refractivity contribution >= 4 is 17.5 Å². The van der Waals surface area contributed by atoms with Crippen LogP contribution in [0.4, 0.5) is 5.69 Å². The van der Waals surface area contributed by atoms with Gasteiger partial charge < -0.3 is 10.6 Å². The first-order valence-corrected chi connectivity index (χ1v) is 9.71. The molecule has 2 aromatic carbocycles. The van der Waals surface area contributed by atoms with Crippen LogP contribution in [0.25, 0.3) is 0 Å². The molecule has 0 spiro atoms. The molecule has 2 heterocycles. The van der Waals surface area contributed by atoms with E-state index in [0.717, 1.165) is 24.3 Å². The van der Waals surface area contributed by atoms with E-state index in [1.165, 1.54) is 18.4 Å². The standard InChI is InChI=1S/C22H25N3O2/c26-21-11-9-17-14-18(8-10-19(17)24-21)22(27)23-15-20(25-12-4-5-13-25)16-6-2-1-3-7-16/h1-3,6-8,10,14,20H,4-5,9,11-13,15H2,(H,23,27)(H,24,26). The monoisotopic (exact) mass is 363 g/mol. The Bertz CT molecular complexity index is 829. The lowest BCUT2D eigenvalue weighted by molar-refractivity contribution is -0.116. The van der Waals surface area contributed by atoms with Gasteiger partial charge in [-0.1, -0.05) is 30.3 Å². The first-order chi connectivity index (χ1) is 13.2. The van der Waals surface area contributed by atoms with Crippen LogP contribution in [0.3, 0.4) is 0 Å². The second-order valence-electron chi connectivity index (χ2n) is 7.30. The number of benzene rings is 2. The van der Waals surface area contributed by atoms with Gasteiger partial charge >= 0.3 is 0 Å². The van der Waals surface area contributed by atoms with Gasteiger partial charge in [-0.3, -0.25) is 14.5 Å². The Hall–Kier alpha value is -2.66. The molecule has 140 valence electrons. The summed E-state index contributed by atoms with van der Waals surface area (Å²) < 4.78 is 0. The van der Waals surface area contributed by atoms with Crippen molar-refractivity contribution in [1.29, 1.82) is 0 Å². The lowest BCUT2D eigenvalue weighted by atomic mass is 10.00. The van der Waals surface area contributed by atoms with Crippen molar-refractivity contribution in [2.24, 2.45) is 0 Å². The van der Waals surface area contributed by atoms with Gasteiger partial charge in [0.05, 0.1) is 6.04 Å². The molecule has 2 aliphatic rings. The molecule has 5 heteroatoms. The first-order valence-electron chi connectivity index (χ1n) is 9.71. The van der Waals surface area contributed by atoms with Gasteiger partial charge in [0.2, 0.25) is 5.91 Å². The van der Waals surface area contributed by atoms with Crippen molar-refractivity contribution in [3.63, 3.8) is 0 Å². The molecule has 1 fully saturated rings. The van der Waals surface area contributed by atoms with Gasteiger partial charge in [-0.15, -0.1) is 0 Å². The van der Waals surface area contributed by atoms with Gasteiger partial charge in [0.15, 0.2) is 0 Å². The van der Waals surface area contributed by atoms with Crippen LogP contribution in [-0.2, 0) is 11.2 Å². The first kappa shape index (κ1) is 17.7. The zero-order chi connectivity index (χ0) is 18.6. The highest BCUT2D eigenvalue weighted by atomic mass is 16.2. The summed E-state index contributed by atoms with van der Waals surface area (Å²) in [5.74, 6) is -0.0224. The number of nitrogens with zero attached hydrogens (tertiary/aromatic N) is 1. The molecule has 2 amide bonds. The molecule has 27 heavy (non-hydrogen) atoms. The van der Waals surface area contributed by atoms with E-state index in [0.29, 0.717) is 24.9 Å². The highest BCUT2D eigenvalue weighted by Crippen LogP contribution is 2.26. The van der Waals surface area contributed by atoms with Crippen LogP contribution in [0.15, 0.2) is 48.5 Å². The molecule has 1 saturated heterocycles. The Morgan fingerprint density at radius 3 is 2.63 bits per heavy atom. The average molecular weight is 363 g/mol. The van der Waals surface area contributed by atoms with E-state index in [1.807, 2.05) is 18.2 Å².